The number of guanidine groups is 1. The number of carbonyl (C=O) groups excluding carboxylic acids is 5. The standard InChI is InChI=1S/C16H15N5O5.C16H21N5O3.C11H8N2O6.C9H12N4O2.C7H5NO4/c22-14(11-3-1-4-12(9-11)21(25)26)20-8-7-19(10-13(20)15(23)24)16-17-5-2-6-18-16;17-12-4-1-3-11(9-12)14(22)21-8-7-20(10-13(21)15(23)24)16-18-5-2-6-19-16;14-9-4-5-10(15)12(9)19-11(16)7-2-1-3-8(6-7)13(17)18;14-8(15)7-6-13(5-4-10-7)9-11-2-1-3-12-9;9-7(10)5-2-1-3-6(4-5)8(11)12/h1-6,9,13H,7-8,10H2,(H,23,24);1,3-4,9,13H,2,5-8,10,17H2,(H,18,19)(H,23,24);1-3,6H,4-5H2;1-3,7,10H,4-6H2,(H,14,15);1-4H,(H,9,10). The lowest BCUT2D eigenvalue weighted by atomic mass is 10.1. The molecule has 6 aromatic rings. The molecule has 0 saturated carbocycles. The molecule has 3 atom stereocenters. The second-order valence-corrected chi connectivity index (χ2v) is 20.8. The van der Waals surface area contributed by atoms with E-state index in [1.54, 1.807) is 66.1 Å². The van der Waals surface area contributed by atoms with E-state index in [-0.39, 0.29) is 72.1 Å². The van der Waals surface area contributed by atoms with Gasteiger partial charge in [0, 0.05) is 150 Å². The van der Waals surface area contributed by atoms with Gasteiger partial charge >= 0.3 is 29.8 Å². The number of carboxylic acid groups (broad SMARTS) is 4. The lowest BCUT2D eigenvalue weighted by Crippen LogP contribution is -2.61. The summed E-state index contributed by atoms with van der Waals surface area (Å²) in [6, 6.07) is 22.4. The van der Waals surface area contributed by atoms with Crippen molar-refractivity contribution in [2.75, 3.05) is 87.5 Å². The van der Waals surface area contributed by atoms with E-state index in [2.05, 4.69) is 40.4 Å². The number of amides is 4. The highest BCUT2D eigenvalue weighted by atomic mass is 16.7. The van der Waals surface area contributed by atoms with Gasteiger partial charge in [0.2, 0.25) is 11.9 Å². The fraction of sp³-hybridized carbons (Fsp3) is 0.288. The van der Waals surface area contributed by atoms with Crippen molar-refractivity contribution < 1.29 is 83.2 Å². The van der Waals surface area contributed by atoms with Crippen molar-refractivity contribution >= 4 is 94.1 Å². The maximum absolute atomic E-state index is 12.7. The van der Waals surface area contributed by atoms with Crippen LogP contribution in [-0.4, -0.2) is 224 Å². The summed E-state index contributed by atoms with van der Waals surface area (Å²) >= 11 is 0. The van der Waals surface area contributed by atoms with Crippen LogP contribution in [0.25, 0.3) is 0 Å². The molecule has 0 spiro atoms. The number of carbonyl (C=O) groups is 9. The molecule has 96 heavy (non-hydrogen) atoms. The van der Waals surface area contributed by atoms with Crippen LogP contribution in [0.1, 0.15) is 60.7 Å². The van der Waals surface area contributed by atoms with Gasteiger partial charge in [-0.25, -0.2) is 39.1 Å². The predicted molar refractivity (Wildman–Crippen MR) is 333 cm³/mol. The summed E-state index contributed by atoms with van der Waals surface area (Å²) in [6.45, 7) is 4.94. The van der Waals surface area contributed by atoms with Gasteiger partial charge in [0.15, 0.2) is 5.96 Å². The highest BCUT2D eigenvalue weighted by Gasteiger charge is 2.39. The molecule has 7 heterocycles. The molecule has 2 aromatic heterocycles. The van der Waals surface area contributed by atoms with E-state index in [0.29, 0.717) is 60.9 Å². The number of aromatic carboxylic acids is 1. The average molecular weight is 1330 g/mol. The van der Waals surface area contributed by atoms with Gasteiger partial charge in [-0.2, -0.15) is 0 Å². The largest absolute Gasteiger partial charge is 0.480 e. The van der Waals surface area contributed by atoms with Gasteiger partial charge in [-0.15, -0.1) is 5.06 Å². The number of anilines is 3. The van der Waals surface area contributed by atoms with E-state index in [1.807, 2.05) is 9.80 Å². The quantitative estimate of drug-likeness (QED) is 0.0376. The summed E-state index contributed by atoms with van der Waals surface area (Å²) < 4.78 is 0. The van der Waals surface area contributed by atoms with Crippen LogP contribution in [0.5, 0.6) is 0 Å². The fourth-order valence-electron chi connectivity index (χ4n) is 9.64. The first-order valence-corrected chi connectivity index (χ1v) is 28.9. The minimum absolute atomic E-state index is 0.0128. The first-order valence-electron chi connectivity index (χ1n) is 28.9. The van der Waals surface area contributed by atoms with Crippen LogP contribution in [0.4, 0.5) is 34.6 Å². The summed E-state index contributed by atoms with van der Waals surface area (Å²) in [5, 5.41) is 74.6. The van der Waals surface area contributed by atoms with E-state index in [9.17, 15) is 83.7 Å². The van der Waals surface area contributed by atoms with E-state index < -0.39 is 80.5 Å². The van der Waals surface area contributed by atoms with Crippen LogP contribution >= 0.6 is 0 Å². The second kappa shape index (κ2) is 33.6. The number of rotatable bonds is 13. The minimum Gasteiger partial charge on any atom is -0.480 e. The lowest BCUT2D eigenvalue weighted by Gasteiger charge is -2.41. The number of nitro benzene ring substituents is 3. The van der Waals surface area contributed by atoms with Crippen LogP contribution in [0.15, 0.2) is 139 Å². The Morgan fingerprint density at radius 2 is 0.979 bits per heavy atom. The van der Waals surface area contributed by atoms with Crippen molar-refractivity contribution in [3.05, 3.63) is 187 Å². The molecule has 11 rings (SSSR count). The number of aliphatic imine (C=N–C) groups is 1. The number of hydrogen-bond acceptors (Lipinski definition) is 27. The number of aromatic nitrogens is 4. The number of carboxylic acids is 4. The maximum Gasteiger partial charge on any atom is 0.364 e. The summed E-state index contributed by atoms with van der Waals surface area (Å²) in [5.41, 5.74) is 5.77. The zero-order valence-corrected chi connectivity index (χ0v) is 50.5. The van der Waals surface area contributed by atoms with Crippen LogP contribution in [0.3, 0.4) is 0 Å². The first-order chi connectivity index (χ1) is 45.9. The van der Waals surface area contributed by atoms with E-state index in [1.165, 1.54) is 64.4 Å². The van der Waals surface area contributed by atoms with Gasteiger partial charge in [0.25, 0.3) is 40.7 Å². The van der Waals surface area contributed by atoms with Crippen molar-refractivity contribution in [1.82, 2.24) is 50.3 Å². The number of nitrogens with zero attached hydrogens (tertiary/aromatic N) is 14. The Kier molecular flexibility index (Phi) is 24.7. The summed E-state index contributed by atoms with van der Waals surface area (Å²) in [4.78, 5) is 167. The Labute approximate surface area is 542 Å². The molecule has 0 radical (unpaired) electrons. The smallest absolute Gasteiger partial charge is 0.364 e. The Balaban J connectivity index is 0.000000174. The molecule has 37 heteroatoms. The zero-order chi connectivity index (χ0) is 69.6. The van der Waals surface area contributed by atoms with Gasteiger partial charge in [-0.05, 0) is 55.0 Å². The van der Waals surface area contributed by atoms with Gasteiger partial charge in [-0.3, -0.25) is 59.3 Å². The molecule has 3 unspecified atom stereocenters. The SMILES string of the molecule is Nc1cccc(C(=O)N2CCN(C3=NCCCN3)CC2C(=O)O)c1.O=C(O)C1CN(c2ncccn2)CCN1.O=C(O)C1CN(c2ncccn2)CCN1C(=O)c1cccc([N+](=O)[O-])c1.O=C(O)c1cccc([N+](=O)[O-])c1.O=C(ON1C(=O)CCC1=O)c1cccc([N+](=O)[O-])c1. The molecule has 8 N–H and O–H groups in total. The molecule has 0 aliphatic carbocycles. The molecule has 4 saturated heterocycles. The number of hydrogen-bond donors (Lipinski definition) is 7. The summed E-state index contributed by atoms with van der Waals surface area (Å²) in [7, 11) is 0. The van der Waals surface area contributed by atoms with Crippen LogP contribution in [0.2, 0.25) is 0 Å². The molecule has 5 aliphatic rings. The third-order valence-electron chi connectivity index (χ3n) is 14.4. The molecular formula is C59H61N17O20. The second-order valence-electron chi connectivity index (χ2n) is 20.8. The molecule has 4 aromatic carbocycles. The minimum atomic E-state index is -1.17. The normalized spacial score (nSPS) is 17.2. The number of nitrogens with one attached hydrogen (secondary N) is 2. The van der Waals surface area contributed by atoms with E-state index in [4.69, 9.17) is 15.9 Å². The summed E-state index contributed by atoms with van der Waals surface area (Å²) in [5.74, 6) is -5.57. The molecule has 5 aliphatic heterocycles. The molecule has 4 amide bonds. The topological polar surface area (TPSA) is 507 Å². The maximum atomic E-state index is 12.7. The molecule has 502 valence electrons. The number of aliphatic carboxylic acids is 3. The molecule has 4 fully saturated rings. The van der Waals surface area contributed by atoms with Gasteiger partial charge in [-0.1, -0.05) is 24.3 Å². The molecular weight excluding hydrogens is 1270 g/mol. The lowest BCUT2D eigenvalue weighted by molar-refractivity contribution is -0.385. The van der Waals surface area contributed by atoms with Crippen molar-refractivity contribution in [1.29, 1.82) is 0 Å². The number of nitrogen functional groups attached to an aromatic ring is 1. The molecule has 37 nitrogen and oxygen atoms in total. The number of benzene rings is 4. The third kappa shape index (κ3) is 19.4. The van der Waals surface area contributed by atoms with Crippen molar-refractivity contribution in [3.63, 3.8) is 0 Å². The number of nitrogens with two attached hydrogens (primary N) is 1. The highest BCUT2D eigenvalue weighted by molar-refractivity contribution is 6.03. The number of imide groups is 1. The number of non-ortho nitro benzene ring substituents is 3. The third-order valence-corrected chi connectivity index (χ3v) is 14.4. The monoisotopic (exact) mass is 1330 g/mol. The average Bonchev–Trinajstić information content (AvgIpc) is 0.944. The Morgan fingerprint density at radius 3 is 1.45 bits per heavy atom. The van der Waals surface area contributed by atoms with Crippen molar-refractivity contribution in [2.45, 2.75) is 37.4 Å². The van der Waals surface area contributed by atoms with Crippen molar-refractivity contribution in [3.8, 4) is 0 Å². The first kappa shape index (κ1) is 70.8. The van der Waals surface area contributed by atoms with Crippen LogP contribution in [0, 0.1) is 30.3 Å². The number of hydroxylamine groups is 2. The zero-order valence-electron chi connectivity index (χ0n) is 50.5. The Bertz CT molecular complexity index is 3860. The van der Waals surface area contributed by atoms with Crippen LogP contribution < -0.4 is 26.2 Å². The van der Waals surface area contributed by atoms with Crippen LogP contribution in [-0.2, 0) is 28.8 Å². The number of nitro groups is 3. The van der Waals surface area contributed by atoms with Gasteiger partial charge in [0.1, 0.15) is 18.1 Å². The Morgan fingerprint density at radius 1 is 0.531 bits per heavy atom. The Hall–Kier alpha value is -12.7. The van der Waals surface area contributed by atoms with Gasteiger partial charge < -0.3 is 66.1 Å². The fourth-order valence-corrected chi connectivity index (χ4v) is 9.64. The predicted octanol–water partition coefficient (Wildman–Crippen LogP) is 2.08. The highest BCUT2D eigenvalue weighted by Crippen LogP contribution is 2.23. The van der Waals surface area contributed by atoms with Gasteiger partial charge in [0.05, 0.1) is 39.0 Å². The number of piperazine rings is 3. The van der Waals surface area contributed by atoms with E-state index >= 15 is 0 Å². The summed E-state index contributed by atoms with van der Waals surface area (Å²) in [6.07, 6.45) is 7.36. The van der Waals surface area contributed by atoms with E-state index in [0.717, 1.165) is 50.2 Å². The molecule has 0 bridgehead atoms. The van der Waals surface area contributed by atoms with Crippen molar-refractivity contribution in [2.24, 2.45) is 4.99 Å².